The van der Waals surface area contributed by atoms with E-state index in [-0.39, 0.29) is 17.3 Å². The molecule has 0 aliphatic heterocycles. The molecule has 0 aliphatic carbocycles. The van der Waals surface area contributed by atoms with Crippen molar-refractivity contribution in [2.24, 2.45) is 0 Å². The topological polar surface area (TPSA) is 74.2 Å². The molecule has 2 rings (SSSR count). The van der Waals surface area contributed by atoms with Crippen LogP contribution in [0.2, 0.25) is 0 Å². The molecule has 25 heavy (non-hydrogen) atoms. The summed E-state index contributed by atoms with van der Waals surface area (Å²) in [6.07, 6.45) is 2.86. The van der Waals surface area contributed by atoms with E-state index >= 15 is 0 Å². The van der Waals surface area contributed by atoms with E-state index in [4.69, 9.17) is 18.9 Å². The van der Waals surface area contributed by atoms with Crippen molar-refractivity contribution in [2.45, 2.75) is 0 Å². The molecule has 0 saturated heterocycles. The van der Waals surface area contributed by atoms with Gasteiger partial charge in [0.2, 0.25) is 5.75 Å². The van der Waals surface area contributed by atoms with Gasteiger partial charge in [0.05, 0.1) is 34.0 Å². The number of carbonyl (C=O) groups excluding carboxylic acids is 1. The number of methoxy groups -OCH3 is 4. The number of ketones is 1. The van der Waals surface area contributed by atoms with Crippen molar-refractivity contribution in [3.05, 3.63) is 47.5 Å². The Morgan fingerprint density at radius 1 is 0.920 bits per heavy atom. The zero-order valence-corrected chi connectivity index (χ0v) is 14.5. The van der Waals surface area contributed by atoms with Crippen molar-refractivity contribution in [3.63, 3.8) is 0 Å². The first-order valence-corrected chi connectivity index (χ1v) is 7.44. The quantitative estimate of drug-likeness (QED) is 0.613. The molecule has 0 spiro atoms. The number of hydrogen-bond acceptors (Lipinski definition) is 6. The second-order valence-corrected chi connectivity index (χ2v) is 5.00. The largest absolute Gasteiger partial charge is 0.507 e. The molecule has 1 N–H and O–H groups in total. The lowest BCUT2D eigenvalue weighted by Gasteiger charge is -2.14. The van der Waals surface area contributed by atoms with Gasteiger partial charge in [-0.1, -0.05) is 0 Å². The highest BCUT2D eigenvalue weighted by atomic mass is 16.5. The number of carbonyl (C=O) groups is 1. The minimum Gasteiger partial charge on any atom is -0.507 e. The van der Waals surface area contributed by atoms with Crippen LogP contribution in [0, 0.1) is 0 Å². The Labute approximate surface area is 146 Å². The van der Waals surface area contributed by atoms with Crippen LogP contribution in [-0.2, 0) is 0 Å². The Kier molecular flexibility index (Phi) is 5.89. The van der Waals surface area contributed by atoms with Gasteiger partial charge in [-0.05, 0) is 42.5 Å². The van der Waals surface area contributed by atoms with Gasteiger partial charge in [-0.3, -0.25) is 4.79 Å². The smallest absolute Gasteiger partial charge is 0.204 e. The molecule has 0 atom stereocenters. The molecule has 2 aromatic rings. The van der Waals surface area contributed by atoms with E-state index in [9.17, 15) is 9.90 Å². The van der Waals surface area contributed by atoms with Gasteiger partial charge in [0.25, 0.3) is 0 Å². The third kappa shape index (κ3) is 3.85. The van der Waals surface area contributed by atoms with Crippen LogP contribution in [0.4, 0.5) is 0 Å². The maximum absolute atomic E-state index is 12.6. The molecule has 0 aliphatic rings. The average Bonchev–Trinajstić information content (AvgIpc) is 2.65. The fourth-order valence-electron chi connectivity index (χ4n) is 2.34. The molecular weight excluding hydrogens is 324 g/mol. The van der Waals surface area contributed by atoms with Crippen molar-refractivity contribution in [2.75, 3.05) is 28.4 Å². The van der Waals surface area contributed by atoms with E-state index in [1.54, 1.807) is 24.3 Å². The van der Waals surface area contributed by atoms with E-state index in [1.807, 2.05) is 0 Å². The Morgan fingerprint density at radius 3 is 2.24 bits per heavy atom. The Morgan fingerprint density at radius 2 is 1.64 bits per heavy atom. The SMILES string of the molecule is COc1ccc(O)c(/C=C/C(=O)c2ccc(OC)c(OC)c2OC)c1. The number of benzene rings is 2. The van der Waals surface area contributed by atoms with Crippen molar-refractivity contribution in [1.82, 2.24) is 0 Å². The van der Waals surface area contributed by atoms with Gasteiger partial charge in [-0.2, -0.15) is 0 Å². The summed E-state index contributed by atoms with van der Waals surface area (Å²) >= 11 is 0. The van der Waals surface area contributed by atoms with Gasteiger partial charge >= 0.3 is 0 Å². The fraction of sp³-hybridized carbons (Fsp3) is 0.211. The van der Waals surface area contributed by atoms with Gasteiger partial charge in [0.15, 0.2) is 17.3 Å². The number of ether oxygens (including phenoxy) is 4. The van der Waals surface area contributed by atoms with Gasteiger partial charge < -0.3 is 24.1 Å². The van der Waals surface area contributed by atoms with Crippen molar-refractivity contribution >= 4 is 11.9 Å². The monoisotopic (exact) mass is 344 g/mol. The van der Waals surface area contributed by atoms with Crippen LogP contribution in [0.15, 0.2) is 36.4 Å². The Bertz CT molecular complexity index is 795. The number of hydrogen-bond donors (Lipinski definition) is 1. The van der Waals surface area contributed by atoms with Crippen molar-refractivity contribution in [1.29, 1.82) is 0 Å². The standard InChI is InChI=1S/C19H20O6/c1-22-13-6-9-15(20)12(11-13)5-8-16(21)14-7-10-17(23-2)19(25-4)18(14)24-3/h5-11,20H,1-4H3/b8-5+. The van der Waals surface area contributed by atoms with E-state index in [2.05, 4.69) is 0 Å². The highest BCUT2D eigenvalue weighted by Crippen LogP contribution is 2.40. The maximum atomic E-state index is 12.6. The fourth-order valence-corrected chi connectivity index (χ4v) is 2.34. The number of allylic oxidation sites excluding steroid dienone is 1. The number of phenolic OH excluding ortho intramolecular Hbond substituents is 1. The predicted molar refractivity (Wildman–Crippen MR) is 94.1 cm³/mol. The predicted octanol–water partition coefficient (Wildman–Crippen LogP) is 3.32. The summed E-state index contributed by atoms with van der Waals surface area (Å²) in [5.74, 6) is 1.41. The second kappa shape index (κ2) is 8.10. The van der Waals surface area contributed by atoms with Crippen LogP contribution in [0.5, 0.6) is 28.7 Å². The zero-order chi connectivity index (χ0) is 18.4. The average molecular weight is 344 g/mol. The minimum absolute atomic E-state index is 0.0455. The lowest BCUT2D eigenvalue weighted by atomic mass is 10.1. The van der Waals surface area contributed by atoms with Gasteiger partial charge in [-0.15, -0.1) is 0 Å². The molecule has 0 radical (unpaired) electrons. The number of phenols is 1. The Hall–Kier alpha value is -3.15. The highest BCUT2D eigenvalue weighted by Gasteiger charge is 2.19. The lowest BCUT2D eigenvalue weighted by Crippen LogP contribution is -2.02. The number of rotatable bonds is 7. The van der Waals surface area contributed by atoms with Crippen molar-refractivity contribution in [3.8, 4) is 28.7 Å². The summed E-state index contributed by atoms with van der Waals surface area (Å²) in [6.45, 7) is 0. The molecule has 132 valence electrons. The zero-order valence-electron chi connectivity index (χ0n) is 14.5. The molecule has 0 bridgehead atoms. The molecule has 0 heterocycles. The van der Waals surface area contributed by atoms with Crippen LogP contribution >= 0.6 is 0 Å². The highest BCUT2D eigenvalue weighted by molar-refractivity contribution is 6.09. The molecule has 0 aromatic heterocycles. The van der Waals surface area contributed by atoms with Crippen LogP contribution in [0.3, 0.4) is 0 Å². The van der Waals surface area contributed by atoms with Crippen LogP contribution in [0.1, 0.15) is 15.9 Å². The van der Waals surface area contributed by atoms with Gasteiger partial charge in [0, 0.05) is 5.56 Å². The maximum Gasteiger partial charge on any atom is 0.204 e. The first kappa shape index (κ1) is 18.2. The first-order chi connectivity index (χ1) is 12.0. The molecule has 6 heteroatoms. The molecule has 0 saturated carbocycles. The molecule has 0 amide bonds. The second-order valence-electron chi connectivity index (χ2n) is 5.00. The summed E-state index contributed by atoms with van der Waals surface area (Å²) in [7, 11) is 5.95. The molecular formula is C19H20O6. The van der Waals surface area contributed by atoms with E-state index in [0.717, 1.165) is 0 Å². The van der Waals surface area contributed by atoms with Crippen LogP contribution in [0.25, 0.3) is 6.08 Å². The van der Waals surface area contributed by atoms with Gasteiger partial charge in [0.1, 0.15) is 11.5 Å². The van der Waals surface area contributed by atoms with E-state index < -0.39 is 0 Å². The summed E-state index contributed by atoms with van der Waals surface area (Å²) in [4.78, 5) is 12.6. The van der Waals surface area contributed by atoms with Crippen LogP contribution < -0.4 is 18.9 Å². The molecule has 2 aromatic carbocycles. The first-order valence-electron chi connectivity index (χ1n) is 7.44. The summed E-state index contributed by atoms with van der Waals surface area (Å²) in [6, 6.07) is 7.99. The lowest BCUT2D eigenvalue weighted by molar-refractivity contribution is 0.104. The number of aromatic hydroxyl groups is 1. The normalized spacial score (nSPS) is 10.6. The van der Waals surface area contributed by atoms with Crippen LogP contribution in [-0.4, -0.2) is 39.3 Å². The summed E-state index contributed by atoms with van der Waals surface area (Å²) < 4.78 is 20.9. The molecule has 0 unspecified atom stereocenters. The Balaban J connectivity index is 2.38. The molecule has 0 fully saturated rings. The van der Waals surface area contributed by atoms with Gasteiger partial charge in [-0.25, -0.2) is 0 Å². The third-order valence-corrected chi connectivity index (χ3v) is 3.62. The summed E-state index contributed by atoms with van der Waals surface area (Å²) in [5, 5.41) is 9.89. The third-order valence-electron chi connectivity index (χ3n) is 3.62. The molecule has 6 nitrogen and oxygen atoms in total. The van der Waals surface area contributed by atoms with Crippen molar-refractivity contribution < 1.29 is 28.8 Å². The summed E-state index contributed by atoms with van der Waals surface area (Å²) in [5.41, 5.74) is 0.783. The minimum atomic E-state index is -0.306. The van der Waals surface area contributed by atoms with E-state index in [0.29, 0.717) is 28.4 Å². The van der Waals surface area contributed by atoms with E-state index in [1.165, 1.54) is 46.7 Å².